The van der Waals surface area contributed by atoms with Crippen LogP contribution in [-0.2, 0) is 22.3 Å². The number of carbonyl (C=O) groups excluding carboxylic acids is 2. The zero-order valence-electron chi connectivity index (χ0n) is 30.8. The van der Waals surface area contributed by atoms with E-state index in [9.17, 15) is 14.7 Å². The highest BCUT2D eigenvalue weighted by molar-refractivity contribution is 5.71. The quantitative estimate of drug-likeness (QED) is 0.127. The third-order valence-electron chi connectivity index (χ3n) is 9.32. The Bertz CT molecular complexity index is 1310. The van der Waals surface area contributed by atoms with Gasteiger partial charge in [0.05, 0.1) is 39.1 Å². The van der Waals surface area contributed by atoms with Gasteiger partial charge in [0, 0.05) is 44.7 Å². The van der Waals surface area contributed by atoms with Crippen LogP contribution < -0.4 is 30.2 Å². The van der Waals surface area contributed by atoms with E-state index in [1.807, 2.05) is 36.4 Å². The monoisotopic (exact) mass is 712 g/mol. The molecule has 2 amide bonds. The fourth-order valence-corrected chi connectivity index (χ4v) is 6.52. The number of rotatable bonds is 21. The van der Waals surface area contributed by atoms with Crippen molar-refractivity contribution in [2.24, 2.45) is 0 Å². The van der Waals surface area contributed by atoms with Crippen molar-refractivity contribution in [1.29, 1.82) is 0 Å². The molecular weight excluding hydrogens is 652 g/mol. The molecule has 2 aromatic rings. The van der Waals surface area contributed by atoms with Crippen molar-refractivity contribution in [2.75, 3.05) is 59.7 Å². The summed E-state index contributed by atoms with van der Waals surface area (Å²) in [6.45, 7) is 9.26. The molecule has 1 aliphatic heterocycles. The van der Waals surface area contributed by atoms with Crippen LogP contribution in [0.15, 0.2) is 42.5 Å². The summed E-state index contributed by atoms with van der Waals surface area (Å²) in [4.78, 5) is 26.9. The maximum atomic E-state index is 12.4. The number of amides is 2. The van der Waals surface area contributed by atoms with Crippen molar-refractivity contribution in [3.05, 3.63) is 53.6 Å². The average Bonchev–Trinajstić information content (AvgIpc) is 3.56. The van der Waals surface area contributed by atoms with Gasteiger partial charge in [0.1, 0.15) is 5.75 Å². The second-order valence-electron chi connectivity index (χ2n) is 13.7. The van der Waals surface area contributed by atoms with Crippen LogP contribution in [-0.4, -0.2) is 106 Å². The summed E-state index contributed by atoms with van der Waals surface area (Å²) in [7, 11) is 1.55. The number of benzene rings is 2. The standard InChI is InChI=1S/C39H60N4O8/c1-29(2)40-22-8-24-48-33-14-11-30(12-15-33)18-26-50-38(45)41-20-6-7-21-42-39(46)51-36-16-13-31(27-37(36)47-3)19-25-49-35-10-5-4-9-34(35)43-23-17-32(44)28-43/h11-16,27,29,32,34-35,40,44H,4-10,17-26,28H2,1-3H3,(H,41,45)(H,42,46)/t32-,34?,35?/m1/s1. The predicted molar refractivity (Wildman–Crippen MR) is 197 cm³/mol. The van der Waals surface area contributed by atoms with Gasteiger partial charge in [-0.15, -0.1) is 0 Å². The number of likely N-dealkylation sites (tertiary alicyclic amines) is 1. The maximum Gasteiger partial charge on any atom is 0.412 e. The van der Waals surface area contributed by atoms with Crippen LogP contribution in [0.2, 0.25) is 0 Å². The number of aliphatic hydroxyl groups is 1. The third kappa shape index (κ3) is 14.9. The van der Waals surface area contributed by atoms with Gasteiger partial charge in [-0.25, -0.2) is 9.59 Å². The molecular formula is C39H60N4O8. The van der Waals surface area contributed by atoms with E-state index in [4.69, 9.17) is 23.7 Å². The fraction of sp³-hybridized carbons (Fsp3) is 0.641. The number of hydrogen-bond acceptors (Lipinski definition) is 10. The van der Waals surface area contributed by atoms with Gasteiger partial charge in [-0.3, -0.25) is 4.90 Å². The summed E-state index contributed by atoms with van der Waals surface area (Å²) >= 11 is 0. The summed E-state index contributed by atoms with van der Waals surface area (Å²) in [6.07, 6.45) is 7.97. The van der Waals surface area contributed by atoms with E-state index in [1.165, 1.54) is 12.8 Å². The Hall–Kier alpha value is -3.58. The topological polar surface area (TPSA) is 140 Å². The van der Waals surface area contributed by atoms with Gasteiger partial charge in [0.25, 0.3) is 0 Å². The summed E-state index contributed by atoms with van der Waals surface area (Å²) < 4.78 is 28.4. The number of unbranched alkanes of at least 4 members (excludes halogenated alkanes) is 1. The van der Waals surface area contributed by atoms with E-state index in [0.29, 0.717) is 69.1 Å². The van der Waals surface area contributed by atoms with Gasteiger partial charge in [-0.2, -0.15) is 0 Å². The number of ether oxygens (including phenoxy) is 5. The number of methoxy groups -OCH3 is 1. The van der Waals surface area contributed by atoms with E-state index in [2.05, 4.69) is 34.7 Å². The zero-order chi connectivity index (χ0) is 36.3. The lowest BCUT2D eigenvalue weighted by Crippen LogP contribution is -2.46. The van der Waals surface area contributed by atoms with Crippen molar-refractivity contribution in [3.8, 4) is 17.2 Å². The molecule has 1 aliphatic carbocycles. The minimum atomic E-state index is -0.564. The van der Waals surface area contributed by atoms with E-state index in [-0.39, 0.29) is 18.8 Å². The highest BCUT2D eigenvalue weighted by Gasteiger charge is 2.34. The molecule has 0 spiro atoms. The highest BCUT2D eigenvalue weighted by atomic mass is 16.6. The van der Waals surface area contributed by atoms with Gasteiger partial charge in [-0.1, -0.05) is 44.9 Å². The van der Waals surface area contributed by atoms with Crippen molar-refractivity contribution in [3.63, 3.8) is 0 Å². The van der Waals surface area contributed by atoms with Crippen molar-refractivity contribution in [1.82, 2.24) is 20.9 Å². The average molecular weight is 713 g/mol. The molecule has 0 aromatic heterocycles. The third-order valence-corrected chi connectivity index (χ3v) is 9.32. The fourth-order valence-electron chi connectivity index (χ4n) is 6.52. The maximum absolute atomic E-state index is 12.4. The molecule has 12 heteroatoms. The first-order valence-electron chi connectivity index (χ1n) is 18.8. The molecule has 4 rings (SSSR count). The summed E-state index contributed by atoms with van der Waals surface area (Å²) in [6, 6.07) is 14.3. The lowest BCUT2D eigenvalue weighted by Gasteiger charge is -2.37. The van der Waals surface area contributed by atoms with Crippen molar-refractivity contribution in [2.45, 2.75) is 102 Å². The molecule has 3 atom stereocenters. The Kier molecular flexibility index (Phi) is 17.6. The van der Waals surface area contributed by atoms with Crippen LogP contribution in [0.25, 0.3) is 0 Å². The van der Waals surface area contributed by atoms with Gasteiger partial charge in [0.15, 0.2) is 11.5 Å². The molecule has 1 heterocycles. The Morgan fingerprint density at radius 3 is 2.29 bits per heavy atom. The Labute approximate surface area is 303 Å². The van der Waals surface area contributed by atoms with Crippen LogP contribution in [0.1, 0.15) is 76.3 Å². The lowest BCUT2D eigenvalue weighted by molar-refractivity contribution is -0.0316. The van der Waals surface area contributed by atoms with Gasteiger partial charge in [-0.05, 0) is 86.9 Å². The molecule has 0 bridgehead atoms. The molecule has 2 fully saturated rings. The molecule has 2 aromatic carbocycles. The second-order valence-corrected chi connectivity index (χ2v) is 13.7. The van der Waals surface area contributed by atoms with Crippen LogP contribution in [0, 0.1) is 0 Å². The minimum absolute atomic E-state index is 0.190. The minimum Gasteiger partial charge on any atom is -0.494 e. The van der Waals surface area contributed by atoms with Crippen LogP contribution in [0.4, 0.5) is 9.59 Å². The first kappa shape index (κ1) is 40.2. The number of alkyl carbamates (subject to hydrolysis) is 1. The molecule has 0 radical (unpaired) electrons. The number of aliphatic hydroxyl groups excluding tert-OH is 1. The van der Waals surface area contributed by atoms with Crippen LogP contribution in [0.5, 0.6) is 17.2 Å². The number of carbonyl (C=O) groups is 2. The number of nitrogens with zero attached hydrogens (tertiary/aromatic N) is 1. The Morgan fingerprint density at radius 2 is 1.57 bits per heavy atom. The van der Waals surface area contributed by atoms with Crippen molar-refractivity contribution >= 4 is 12.2 Å². The van der Waals surface area contributed by atoms with Gasteiger partial charge in [0.2, 0.25) is 0 Å². The normalized spacial score (nSPS) is 19.1. The first-order chi connectivity index (χ1) is 24.8. The first-order valence-corrected chi connectivity index (χ1v) is 18.8. The zero-order valence-corrected chi connectivity index (χ0v) is 30.8. The van der Waals surface area contributed by atoms with E-state index < -0.39 is 12.2 Å². The van der Waals surface area contributed by atoms with Gasteiger partial charge < -0.3 is 44.7 Å². The van der Waals surface area contributed by atoms with Crippen LogP contribution in [0.3, 0.4) is 0 Å². The lowest BCUT2D eigenvalue weighted by atomic mass is 9.91. The van der Waals surface area contributed by atoms with Crippen molar-refractivity contribution < 1.29 is 38.4 Å². The summed E-state index contributed by atoms with van der Waals surface area (Å²) in [5.74, 6) is 1.66. The molecule has 2 aliphatic rings. The summed E-state index contributed by atoms with van der Waals surface area (Å²) in [5.41, 5.74) is 2.10. The van der Waals surface area contributed by atoms with Gasteiger partial charge >= 0.3 is 12.2 Å². The SMILES string of the molecule is COc1cc(CCOC2CCCCC2N2CC[C@@H](O)C2)ccc1OC(=O)NCCCCNC(=O)OCCc1ccc(OCCCNC(C)C)cc1. The molecule has 2 unspecified atom stereocenters. The molecule has 284 valence electrons. The molecule has 12 nitrogen and oxygen atoms in total. The second kappa shape index (κ2) is 22.4. The highest BCUT2D eigenvalue weighted by Crippen LogP contribution is 2.30. The van der Waals surface area contributed by atoms with Crippen LogP contribution >= 0.6 is 0 Å². The molecule has 51 heavy (non-hydrogen) atoms. The molecule has 4 N–H and O–H groups in total. The number of hydrogen-bond donors (Lipinski definition) is 4. The smallest absolute Gasteiger partial charge is 0.412 e. The molecule has 1 saturated heterocycles. The molecule has 1 saturated carbocycles. The Balaban J connectivity index is 1.03. The number of β-amino-alcohol motifs (C(OH)–C–C–N with tert-alkyl or cyclic N) is 1. The number of nitrogens with one attached hydrogen (secondary N) is 3. The Morgan fingerprint density at radius 1 is 0.843 bits per heavy atom. The van der Waals surface area contributed by atoms with E-state index in [0.717, 1.165) is 68.6 Å². The van der Waals surface area contributed by atoms with E-state index in [1.54, 1.807) is 13.2 Å². The summed E-state index contributed by atoms with van der Waals surface area (Å²) in [5, 5.41) is 18.9. The van der Waals surface area contributed by atoms with E-state index >= 15 is 0 Å². The predicted octanol–water partition coefficient (Wildman–Crippen LogP) is 5.24. The largest absolute Gasteiger partial charge is 0.494 e.